The van der Waals surface area contributed by atoms with Crippen molar-refractivity contribution in [1.29, 1.82) is 0 Å². The van der Waals surface area contributed by atoms with Crippen LogP contribution in [0.15, 0.2) is 36.5 Å². The van der Waals surface area contributed by atoms with E-state index in [2.05, 4.69) is 30.2 Å². The van der Waals surface area contributed by atoms with Crippen LogP contribution in [0.25, 0.3) is 0 Å². The van der Waals surface area contributed by atoms with Gasteiger partial charge in [-0.25, -0.2) is 13.4 Å². The summed E-state index contributed by atoms with van der Waals surface area (Å²) in [5, 5.41) is 6.54. The number of likely N-dealkylation sites (N-methyl/N-ethyl adjacent to an activating group) is 1. The first-order chi connectivity index (χ1) is 19.5. The minimum Gasteiger partial charge on any atom is -0.497 e. The Morgan fingerprint density at radius 3 is 2.37 bits per heavy atom. The molecule has 2 aromatic carbocycles. The molecule has 0 aliphatic carbocycles. The number of sulfonamides is 1. The molecule has 220 valence electrons. The van der Waals surface area contributed by atoms with Gasteiger partial charge in [-0.05, 0) is 48.2 Å². The first kappa shape index (κ1) is 30.2. The lowest BCUT2D eigenvalue weighted by molar-refractivity contribution is -0.129. The van der Waals surface area contributed by atoms with Gasteiger partial charge in [-0.1, -0.05) is 11.6 Å². The van der Waals surface area contributed by atoms with Crippen molar-refractivity contribution in [1.82, 2.24) is 19.8 Å². The topological polar surface area (TPSA) is 138 Å². The van der Waals surface area contributed by atoms with Crippen LogP contribution in [0, 0.1) is 0 Å². The summed E-state index contributed by atoms with van der Waals surface area (Å²) in [5.74, 6) is 1.70. The van der Waals surface area contributed by atoms with Gasteiger partial charge in [0.25, 0.3) is 0 Å². The first-order valence-electron chi connectivity index (χ1n) is 12.8. The second-order valence-electron chi connectivity index (χ2n) is 9.81. The predicted octanol–water partition coefficient (Wildman–Crippen LogP) is 3.49. The quantitative estimate of drug-likeness (QED) is 0.316. The van der Waals surface area contributed by atoms with Crippen LogP contribution in [0.1, 0.15) is 11.1 Å². The molecule has 1 aliphatic rings. The second kappa shape index (κ2) is 12.8. The third-order valence-corrected chi connectivity index (χ3v) is 7.41. The van der Waals surface area contributed by atoms with Gasteiger partial charge < -0.3 is 25.0 Å². The predicted molar refractivity (Wildman–Crippen MR) is 161 cm³/mol. The third kappa shape index (κ3) is 7.90. The molecule has 0 unspecified atom stereocenters. The molecule has 12 nitrogen and oxygen atoms in total. The van der Waals surface area contributed by atoms with Gasteiger partial charge in [-0.15, -0.1) is 0 Å². The number of halogens is 1. The van der Waals surface area contributed by atoms with Crippen molar-refractivity contribution >= 4 is 56.4 Å². The summed E-state index contributed by atoms with van der Waals surface area (Å²) in [6, 6.07) is 8.92. The van der Waals surface area contributed by atoms with Crippen LogP contribution in [0.5, 0.6) is 11.5 Å². The number of amides is 1. The number of nitrogens with one attached hydrogen (secondary N) is 3. The van der Waals surface area contributed by atoms with E-state index in [-0.39, 0.29) is 28.4 Å². The summed E-state index contributed by atoms with van der Waals surface area (Å²) >= 11 is 6.40. The van der Waals surface area contributed by atoms with Gasteiger partial charge in [0.05, 0.1) is 50.3 Å². The molecule has 0 bridgehead atoms. The number of fused-ring (bicyclic) bond motifs is 1. The van der Waals surface area contributed by atoms with E-state index in [0.29, 0.717) is 29.4 Å². The standard InChI is InChI=1S/C27H34ClN7O5S/c1-34(2)25(36)16-35-10-8-17-12-23(24(40-4)13-18(17)9-11-35)31-27-29-15-20(28)26(32-27)30-21-7-6-19(39-3)14-22(21)33-41(5,37)38/h6-7,12-15,33H,8-11,16H2,1-5H3,(H2,29,30,31,32). The molecule has 0 spiro atoms. The van der Waals surface area contributed by atoms with Crippen LogP contribution in [0.4, 0.5) is 28.8 Å². The molecule has 0 radical (unpaired) electrons. The average Bonchev–Trinajstić information content (AvgIpc) is 3.11. The van der Waals surface area contributed by atoms with Gasteiger partial charge in [-0.2, -0.15) is 4.98 Å². The third-order valence-electron chi connectivity index (χ3n) is 6.54. The largest absolute Gasteiger partial charge is 0.497 e. The molecule has 1 amide bonds. The molecule has 2 heterocycles. The van der Waals surface area contributed by atoms with Crippen molar-refractivity contribution in [3.63, 3.8) is 0 Å². The van der Waals surface area contributed by atoms with Crippen LogP contribution < -0.4 is 24.8 Å². The zero-order valence-corrected chi connectivity index (χ0v) is 25.2. The maximum Gasteiger partial charge on any atom is 0.236 e. The number of carbonyl (C=O) groups excluding carboxylic acids is 1. The van der Waals surface area contributed by atoms with E-state index >= 15 is 0 Å². The van der Waals surface area contributed by atoms with Crippen molar-refractivity contribution in [2.75, 3.05) is 69.6 Å². The molecule has 0 fully saturated rings. The highest BCUT2D eigenvalue weighted by atomic mass is 35.5. The molecule has 41 heavy (non-hydrogen) atoms. The Balaban J connectivity index is 1.57. The fourth-order valence-corrected chi connectivity index (χ4v) is 5.07. The maximum atomic E-state index is 12.2. The van der Waals surface area contributed by atoms with E-state index < -0.39 is 10.0 Å². The van der Waals surface area contributed by atoms with E-state index in [1.807, 2.05) is 12.1 Å². The lowest BCUT2D eigenvalue weighted by Crippen LogP contribution is -2.37. The number of hydrogen-bond donors (Lipinski definition) is 3. The van der Waals surface area contributed by atoms with Gasteiger partial charge in [-0.3, -0.25) is 14.4 Å². The molecule has 4 rings (SSSR count). The zero-order valence-electron chi connectivity index (χ0n) is 23.6. The van der Waals surface area contributed by atoms with E-state index in [0.717, 1.165) is 43.3 Å². The normalized spacial score (nSPS) is 13.5. The number of nitrogens with zero attached hydrogens (tertiary/aromatic N) is 4. The Morgan fingerprint density at radius 1 is 1.02 bits per heavy atom. The Bertz CT molecular complexity index is 1530. The molecule has 1 aliphatic heterocycles. The Hall–Kier alpha value is -3.81. The van der Waals surface area contributed by atoms with Crippen LogP contribution >= 0.6 is 11.6 Å². The summed E-state index contributed by atoms with van der Waals surface area (Å²) in [4.78, 5) is 24.8. The summed E-state index contributed by atoms with van der Waals surface area (Å²) in [5.41, 5.74) is 3.68. The van der Waals surface area contributed by atoms with Crippen molar-refractivity contribution in [2.45, 2.75) is 12.8 Å². The highest BCUT2D eigenvalue weighted by molar-refractivity contribution is 7.92. The number of rotatable bonds is 10. The van der Waals surface area contributed by atoms with Crippen molar-refractivity contribution in [2.24, 2.45) is 0 Å². The van der Waals surface area contributed by atoms with Crippen LogP contribution in [-0.4, -0.2) is 88.3 Å². The summed E-state index contributed by atoms with van der Waals surface area (Å²) in [6.45, 7) is 1.92. The Kier molecular flexibility index (Phi) is 9.41. The van der Waals surface area contributed by atoms with Crippen molar-refractivity contribution in [3.8, 4) is 11.5 Å². The van der Waals surface area contributed by atoms with Crippen LogP contribution in [0.3, 0.4) is 0 Å². The molecule has 0 saturated carbocycles. The van der Waals surface area contributed by atoms with Gasteiger partial charge in [0.15, 0.2) is 5.82 Å². The molecule has 3 aromatic rings. The molecular weight excluding hydrogens is 570 g/mol. The number of methoxy groups -OCH3 is 2. The summed E-state index contributed by atoms with van der Waals surface area (Å²) in [6.07, 6.45) is 4.08. The van der Waals surface area contributed by atoms with Gasteiger partial charge >= 0.3 is 0 Å². The fourth-order valence-electron chi connectivity index (χ4n) is 4.37. The first-order valence-corrected chi connectivity index (χ1v) is 15.1. The number of benzene rings is 2. The number of ether oxygens (including phenoxy) is 2. The van der Waals surface area contributed by atoms with Crippen molar-refractivity contribution in [3.05, 3.63) is 52.7 Å². The maximum absolute atomic E-state index is 12.2. The van der Waals surface area contributed by atoms with Crippen LogP contribution in [-0.2, 0) is 27.7 Å². The van der Waals surface area contributed by atoms with E-state index in [9.17, 15) is 13.2 Å². The van der Waals surface area contributed by atoms with E-state index in [4.69, 9.17) is 21.1 Å². The average molecular weight is 604 g/mol. The molecule has 0 atom stereocenters. The number of hydrogen-bond acceptors (Lipinski definition) is 10. The number of anilines is 5. The molecule has 3 N–H and O–H groups in total. The molecular formula is C27H34ClN7O5S. The van der Waals surface area contributed by atoms with E-state index in [1.54, 1.807) is 44.3 Å². The molecule has 14 heteroatoms. The zero-order chi connectivity index (χ0) is 29.7. The van der Waals surface area contributed by atoms with Gasteiger partial charge in [0, 0.05) is 33.3 Å². The summed E-state index contributed by atoms with van der Waals surface area (Å²) < 4.78 is 37.2. The Morgan fingerprint density at radius 2 is 1.73 bits per heavy atom. The lowest BCUT2D eigenvalue weighted by atomic mass is 10.0. The minimum atomic E-state index is -3.57. The molecule has 1 aromatic heterocycles. The molecule has 0 saturated heterocycles. The number of aromatic nitrogens is 2. The minimum absolute atomic E-state index is 0.0778. The Labute approximate surface area is 245 Å². The lowest BCUT2D eigenvalue weighted by Gasteiger charge is -2.21. The smallest absolute Gasteiger partial charge is 0.236 e. The highest BCUT2D eigenvalue weighted by Gasteiger charge is 2.20. The SMILES string of the molecule is COc1ccc(Nc2nc(Nc3cc4c(cc3OC)CCN(CC(=O)N(C)C)CC4)ncc2Cl)c(NS(C)(=O)=O)c1. The summed E-state index contributed by atoms with van der Waals surface area (Å²) in [7, 11) is 3.05. The van der Waals surface area contributed by atoms with Gasteiger partial charge in [0.1, 0.15) is 16.5 Å². The monoisotopic (exact) mass is 603 g/mol. The van der Waals surface area contributed by atoms with E-state index in [1.165, 1.54) is 13.3 Å². The highest BCUT2D eigenvalue weighted by Crippen LogP contribution is 2.35. The van der Waals surface area contributed by atoms with Crippen molar-refractivity contribution < 1.29 is 22.7 Å². The van der Waals surface area contributed by atoms with Crippen LogP contribution in [0.2, 0.25) is 5.02 Å². The fraction of sp³-hybridized carbons (Fsp3) is 0.370. The van der Waals surface area contributed by atoms with Gasteiger partial charge in [0.2, 0.25) is 21.9 Å². The number of carbonyl (C=O) groups is 1. The second-order valence-corrected chi connectivity index (χ2v) is 12.0.